The normalized spacial score (nSPS) is 40.9. The van der Waals surface area contributed by atoms with Gasteiger partial charge in [-0.05, 0) is 0 Å². The van der Waals surface area contributed by atoms with Gasteiger partial charge in [0.25, 0.3) is 0 Å². The summed E-state index contributed by atoms with van der Waals surface area (Å²) in [4.78, 5) is 0. The summed E-state index contributed by atoms with van der Waals surface area (Å²) in [5, 5.41) is 29.6. The van der Waals surface area contributed by atoms with Crippen LogP contribution in [-0.2, 0) is 0 Å². The Balaban J connectivity index is 2.47. The van der Waals surface area contributed by atoms with Gasteiger partial charge < -0.3 is 20.6 Å². The van der Waals surface area contributed by atoms with Crippen molar-refractivity contribution in [3.8, 4) is 0 Å². The van der Waals surface area contributed by atoms with E-state index in [2.05, 4.69) is 5.32 Å². The maximum Gasteiger partial charge on any atom is 0.117 e. The highest BCUT2D eigenvalue weighted by Crippen LogP contribution is 2.11. The lowest BCUT2D eigenvalue weighted by atomic mass is 10.1. The Morgan fingerprint density at radius 2 is 2.18 bits per heavy atom. The SMILES string of the molecule is O[C@H]1[C@@H]([C@H](O)CF)NC[C@H]1O. The summed E-state index contributed by atoms with van der Waals surface area (Å²) in [6.07, 6.45) is -3.20. The number of rotatable bonds is 2. The fourth-order valence-corrected chi connectivity index (χ4v) is 1.20. The number of aliphatic hydroxyl groups excluding tert-OH is 3. The molecular weight excluding hydrogens is 153 g/mol. The lowest BCUT2D eigenvalue weighted by molar-refractivity contribution is 0.000533. The van der Waals surface area contributed by atoms with Crippen LogP contribution < -0.4 is 5.32 Å². The molecule has 1 fully saturated rings. The second-order valence-corrected chi connectivity index (χ2v) is 2.71. The third-order valence-electron chi connectivity index (χ3n) is 1.90. The molecule has 11 heavy (non-hydrogen) atoms. The van der Waals surface area contributed by atoms with Crippen LogP contribution in [0.15, 0.2) is 0 Å². The minimum Gasteiger partial charge on any atom is -0.389 e. The third-order valence-corrected chi connectivity index (χ3v) is 1.90. The van der Waals surface area contributed by atoms with E-state index in [-0.39, 0.29) is 6.54 Å². The van der Waals surface area contributed by atoms with Crippen molar-refractivity contribution < 1.29 is 19.7 Å². The molecule has 1 rings (SSSR count). The molecule has 0 aliphatic carbocycles. The highest BCUT2D eigenvalue weighted by Gasteiger charge is 2.37. The zero-order chi connectivity index (χ0) is 8.43. The Hall–Kier alpha value is -0.230. The Labute approximate surface area is 63.7 Å². The van der Waals surface area contributed by atoms with E-state index in [0.717, 1.165) is 0 Å². The van der Waals surface area contributed by atoms with Crippen LogP contribution in [0.25, 0.3) is 0 Å². The molecule has 0 radical (unpaired) electrons. The van der Waals surface area contributed by atoms with Gasteiger partial charge in [-0.2, -0.15) is 0 Å². The summed E-state index contributed by atoms with van der Waals surface area (Å²) in [7, 11) is 0. The van der Waals surface area contributed by atoms with E-state index < -0.39 is 31.0 Å². The maximum absolute atomic E-state index is 11.9. The van der Waals surface area contributed by atoms with Gasteiger partial charge in [-0.1, -0.05) is 0 Å². The number of halogens is 1. The molecule has 0 bridgehead atoms. The van der Waals surface area contributed by atoms with Gasteiger partial charge in [-0.3, -0.25) is 0 Å². The van der Waals surface area contributed by atoms with Gasteiger partial charge in [0.05, 0.1) is 18.2 Å². The first kappa shape index (κ1) is 8.86. The number of aliphatic hydroxyl groups is 3. The smallest absolute Gasteiger partial charge is 0.117 e. The first-order valence-corrected chi connectivity index (χ1v) is 3.50. The van der Waals surface area contributed by atoms with Gasteiger partial charge in [-0.15, -0.1) is 0 Å². The number of nitrogens with one attached hydrogen (secondary N) is 1. The van der Waals surface area contributed by atoms with E-state index in [1.165, 1.54) is 0 Å². The summed E-state index contributed by atoms with van der Waals surface area (Å²) in [6, 6.07) is -0.741. The van der Waals surface area contributed by atoms with Crippen LogP contribution in [0.4, 0.5) is 4.39 Å². The largest absolute Gasteiger partial charge is 0.389 e. The monoisotopic (exact) mass is 165 g/mol. The van der Waals surface area contributed by atoms with Crippen molar-refractivity contribution in [2.75, 3.05) is 13.2 Å². The number of hydrogen-bond acceptors (Lipinski definition) is 4. The minimum atomic E-state index is -1.23. The highest BCUT2D eigenvalue weighted by atomic mass is 19.1. The third kappa shape index (κ3) is 1.67. The van der Waals surface area contributed by atoms with Gasteiger partial charge in [0.1, 0.15) is 12.8 Å². The lowest BCUT2D eigenvalue weighted by Crippen LogP contribution is -2.44. The van der Waals surface area contributed by atoms with Crippen LogP contribution in [0.2, 0.25) is 0 Å². The van der Waals surface area contributed by atoms with E-state index in [0.29, 0.717) is 0 Å². The predicted octanol–water partition coefficient (Wildman–Crippen LogP) is -1.99. The van der Waals surface area contributed by atoms with Gasteiger partial charge in [0, 0.05) is 6.54 Å². The molecule has 1 saturated heterocycles. The van der Waals surface area contributed by atoms with E-state index >= 15 is 0 Å². The lowest BCUT2D eigenvalue weighted by Gasteiger charge is -2.19. The summed E-state index contributed by atoms with van der Waals surface area (Å²) in [5.41, 5.74) is 0. The van der Waals surface area contributed by atoms with E-state index in [4.69, 9.17) is 15.3 Å². The fourth-order valence-electron chi connectivity index (χ4n) is 1.20. The number of alkyl halides is 1. The first-order valence-electron chi connectivity index (χ1n) is 3.50. The van der Waals surface area contributed by atoms with E-state index in [1.807, 2.05) is 0 Å². The average Bonchev–Trinajstić information content (AvgIpc) is 2.32. The van der Waals surface area contributed by atoms with Crippen molar-refractivity contribution in [3.05, 3.63) is 0 Å². The van der Waals surface area contributed by atoms with Crippen LogP contribution in [0.3, 0.4) is 0 Å². The van der Waals surface area contributed by atoms with Crippen LogP contribution in [-0.4, -0.2) is 52.9 Å². The molecule has 0 spiro atoms. The second kappa shape index (κ2) is 3.44. The molecule has 0 aromatic rings. The Morgan fingerprint density at radius 1 is 1.55 bits per heavy atom. The Morgan fingerprint density at radius 3 is 2.55 bits per heavy atom. The second-order valence-electron chi connectivity index (χ2n) is 2.71. The zero-order valence-electron chi connectivity index (χ0n) is 5.94. The summed E-state index contributed by atoms with van der Waals surface area (Å²) >= 11 is 0. The molecular formula is C6H12FNO3. The number of β-amino-alcohol motifs (C(OH)–C–C–N with tert-alkyl or cyclic N) is 1. The Bertz CT molecular complexity index is 135. The van der Waals surface area contributed by atoms with Gasteiger partial charge in [-0.25, -0.2) is 4.39 Å². The molecule has 4 N–H and O–H groups in total. The van der Waals surface area contributed by atoms with Crippen molar-refractivity contribution in [1.29, 1.82) is 0 Å². The van der Waals surface area contributed by atoms with Crippen LogP contribution in [0, 0.1) is 0 Å². The van der Waals surface area contributed by atoms with Crippen molar-refractivity contribution in [2.24, 2.45) is 0 Å². The van der Waals surface area contributed by atoms with E-state index in [1.54, 1.807) is 0 Å². The molecule has 1 aliphatic heterocycles. The topological polar surface area (TPSA) is 72.7 Å². The standard InChI is InChI=1S/C6H12FNO3/c7-1-3(9)5-6(11)4(10)2-8-5/h3-6,8-11H,1-2H2/t3-,4-,5-,6-/m1/s1. The van der Waals surface area contributed by atoms with Crippen LogP contribution >= 0.6 is 0 Å². The molecule has 66 valence electrons. The van der Waals surface area contributed by atoms with Gasteiger partial charge in [0.2, 0.25) is 0 Å². The summed E-state index contributed by atoms with van der Waals surface area (Å²) < 4.78 is 11.9. The fraction of sp³-hybridized carbons (Fsp3) is 1.00. The number of hydrogen-bond donors (Lipinski definition) is 4. The Kier molecular flexibility index (Phi) is 2.78. The van der Waals surface area contributed by atoms with Crippen LogP contribution in [0.1, 0.15) is 0 Å². The molecule has 0 unspecified atom stereocenters. The maximum atomic E-state index is 11.9. The van der Waals surface area contributed by atoms with Crippen molar-refractivity contribution in [1.82, 2.24) is 5.32 Å². The van der Waals surface area contributed by atoms with Crippen molar-refractivity contribution >= 4 is 0 Å². The molecule has 1 aliphatic rings. The summed E-state index contributed by atoms with van der Waals surface area (Å²) in [5.74, 6) is 0. The van der Waals surface area contributed by atoms with E-state index in [9.17, 15) is 4.39 Å². The van der Waals surface area contributed by atoms with Gasteiger partial charge >= 0.3 is 0 Å². The summed E-state index contributed by atoms with van der Waals surface area (Å²) in [6.45, 7) is -0.718. The minimum absolute atomic E-state index is 0.197. The quantitative estimate of drug-likeness (QED) is 0.382. The highest BCUT2D eigenvalue weighted by molar-refractivity contribution is 4.94. The average molecular weight is 165 g/mol. The molecule has 0 amide bonds. The zero-order valence-corrected chi connectivity index (χ0v) is 5.94. The molecule has 0 saturated carbocycles. The molecule has 5 heteroatoms. The molecule has 0 aromatic heterocycles. The van der Waals surface area contributed by atoms with Crippen molar-refractivity contribution in [2.45, 2.75) is 24.4 Å². The molecule has 4 nitrogen and oxygen atoms in total. The molecule has 4 atom stereocenters. The van der Waals surface area contributed by atoms with Crippen molar-refractivity contribution in [3.63, 3.8) is 0 Å². The van der Waals surface area contributed by atoms with Gasteiger partial charge in [0.15, 0.2) is 0 Å². The molecule has 1 heterocycles. The predicted molar refractivity (Wildman–Crippen MR) is 35.8 cm³/mol. The first-order chi connectivity index (χ1) is 5.16. The van der Waals surface area contributed by atoms with Crippen LogP contribution in [0.5, 0.6) is 0 Å². The molecule has 0 aromatic carbocycles.